The van der Waals surface area contributed by atoms with Crippen LogP contribution in [0.2, 0.25) is 0 Å². The number of nitrogens with zero attached hydrogens (tertiary/aromatic N) is 2. The van der Waals surface area contributed by atoms with Crippen LogP contribution in [0.3, 0.4) is 0 Å². The molecule has 0 aromatic heterocycles. The summed E-state index contributed by atoms with van der Waals surface area (Å²) in [5.74, 6) is -2.24. The van der Waals surface area contributed by atoms with E-state index in [-0.39, 0.29) is 41.6 Å². The molecule has 10 nitrogen and oxygen atoms in total. The Kier molecular flexibility index (Phi) is 6.86. The number of nitro benzene ring substituents is 1. The number of carbonyl (C=O) groups is 4. The van der Waals surface area contributed by atoms with E-state index in [1.54, 1.807) is 43.3 Å². The van der Waals surface area contributed by atoms with Gasteiger partial charge < -0.3 is 10.1 Å². The molecule has 10 heteroatoms. The maximum atomic E-state index is 13.1. The van der Waals surface area contributed by atoms with E-state index in [0.29, 0.717) is 16.8 Å². The number of aryl methyl sites for hydroxylation is 1. The van der Waals surface area contributed by atoms with Gasteiger partial charge in [-0.05, 0) is 42.8 Å². The van der Waals surface area contributed by atoms with Crippen molar-refractivity contribution in [1.82, 2.24) is 0 Å². The third-order valence-corrected chi connectivity index (χ3v) is 5.59. The Morgan fingerprint density at radius 1 is 0.972 bits per heavy atom. The summed E-state index contributed by atoms with van der Waals surface area (Å²) in [4.78, 5) is 61.8. The highest BCUT2D eigenvalue weighted by atomic mass is 16.6. The van der Waals surface area contributed by atoms with Gasteiger partial charge in [0.2, 0.25) is 17.9 Å². The summed E-state index contributed by atoms with van der Waals surface area (Å²) in [5.41, 5.74) is 1.12. The number of amides is 3. The van der Waals surface area contributed by atoms with Gasteiger partial charge in [-0.1, -0.05) is 36.4 Å². The number of ether oxygens (including phenoxy) is 1. The molecule has 1 aliphatic rings. The van der Waals surface area contributed by atoms with Crippen molar-refractivity contribution < 1.29 is 28.8 Å². The molecule has 0 spiro atoms. The minimum Gasteiger partial charge on any atom is -0.444 e. The topological polar surface area (TPSA) is 136 Å². The van der Waals surface area contributed by atoms with Gasteiger partial charge >= 0.3 is 5.97 Å². The lowest BCUT2D eigenvalue weighted by Crippen LogP contribution is -2.28. The van der Waals surface area contributed by atoms with Crippen LogP contribution < -0.4 is 10.2 Å². The molecule has 0 radical (unpaired) electrons. The molecule has 0 bridgehead atoms. The number of hydrogen-bond acceptors (Lipinski definition) is 7. The molecule has 0 aliphatic carbocycles. The third-order valence-electron chi connectivity index (χ3n) is 5.59. The Morgan fingerprint density at radius 2 is 1.61 bits per heavy atom. The van der Waals surface area contributed by atoms with Crippen LogP contribution in [0, 0.1) is 17.0 Å². The second-order valence-electron chi connectivity index (χ2n) is 8.13. The van der Waals surface area contributed by atoms with Crippen molar-refractivity contribution in [3.8, 4) is 0 Å². The van der Waals surface area contributed by atoms with Crippen molar-refractivity contribution in [2.75, 3.05) is 10.2 Å². The molecule has 1 saturated heterocycles. The van der Waals surface area contributed by atoms with Crippen molar-refractivity contribution >= 4 is 40.8 Å². The van der Waals surface area contributed by atoms with Gasteiger partial charge in [0.1, 0.15) is 5.69 Å². The van der Waals surface area contributed by atoms with E-state index in [2.05, 4.69) is 5.32 Å². The van der Waals surface area contributed by atoms with Crippen LogP contribution in [0.1, 0.15) is 40.4 Å². The van der Waals surface area contributed by atoms with Crippen LogP contribution in [0.25, 0.3) is 0 Å². The molecule has 36 heavy (non-hydrogen) atoms. The highest BCUT2D eigenvalue weighted by Gasteiger charge is 2.31. The van der Waals surface area contributed by atoms with Gasteiger partial charge in [0.25, 0.3) is 11.6 Å². The lowest BCUT2D eigenvalue weighted by atomic mass is 10.1. The third kappa shape index (κ3) is 5.12. The first-order valence-electron chi connectivity index (χ1n) is 11.0. The SMILES string of the molecule is Cc1ccc(NC(=O)C(OC(=O)c2ccc(N3C(=O)CCC3=O)cc2)c2ccccc2)c([N+](=O)[O-])c1. The molecule has 1 aliphatic heterocycles. The van der Waals surface area contributed by atoms with Crippen molar-refractivity contribution in [3.05, 3.63) is 99.6 Å². The van der Waals surface area contributed by atoms with Gasteiger partial charge in [0, 0.05) is 24.5 Å². The van der Waals surface area contributed by atoms with E-state index in [1.165, 1.54) is 36.4 Å². The molecular weight excluding hydrogens is 466 g/mol. The van der Waals surface area contributed by atoms with E-state index in [0.717, 1.165) is 4.90 Å². The van der Waals surface area contributed by atoms with E-state index >= 15 is 0 Å². The summed E-state index contributed by atoms with van der Waals surface area (Å²) in [5, 5.41) is 13.9. The predicted octanol–water partition coefficient (Wildman–Crippen LogP) is 4.09. The molecule has 0 saturated carbocycles. The van der Waals surface area contributed by atoms with E-state index in [4.69, 9.17) is 4.74 Å². The largest absolute Gasteiger partial charge is 0.444 e. The Bertz CT molecular complexity index is 1340. The Hall–Kier alpha value is -4.86. The quantitative estimate of drug-likeness (QED) is 0.229. The minimum atomic E-state index is -1.40. The van der Waals surface area contributed by atoms with Gasteiger partial charge in [-0.3, -0.25) is 29.4 Å². The minimum absolute atomic E-state index is 0.0307. The van der Waals surface area contributed by atoms with Crippen molar-refractivity contribution in [3.63, 3.8) is 0 Å². The fourth-order valence-electron chi connectivity index (χ4n) is 3.78. The van der Waals surface area contributed by atoms with Gasteiger partial charge in [-0.25, -0.2) is 4.79 Å². The molecule has 3 aromatic rings. The lowest BCUT2D eigenvalue weighted by molar-refractivity contribution is -0.384. The monoisotopic (exact) mass is 487 g/mol. The number of nitrogens with one attached hydrogen (secondary N) is 1. The maximum absolute atomic E-state index is 13.1. The highest BCUT2D eigenvalue weighted by Crippen LogP contribution is 2.29. The molecule has 182 valence electrons. The number of hydrogen-bond donors (Lipinski definition) is 1. The summed E-state index contributed by atoms with van der Waals surface area (Å²) < 4.78 is 5.52. The van der Waals surface area contributed by atoms with E-state index < -0.39 is 22.9 Å². The van der Waals surface area contributed by atoms with Gasteiger partial charge in [-0.2, -0.15) is 0 Å². The van der Waals surface area contributed by atoms with E-state index in [1.807, 2.05) is 0 Å². The van der Waals surface area contributed by atoms with Gasteiger partial charge in [-0.15, -0.1) is 0 Å². The molecule has 1 fully saturated rings. The van der Waals surface area contributed by atoms with Crippen LogP contribution in [-0.2, 0) is 19.1 Å². The molecule has 4 rings (SSSR count). The smallest absolute Gasteiger partial charge is 0.339 e. The van der Waals surface area contributed by atoms with Gasteiger partial charge in [0.05, 0.1) is 16.2 Å². The van der Waals surface area contributed by atoms with Crippen LogP contribution >= 0.6 is 0 Å². The number of esters is 1. The number of anilines is 2. The first-order chi connectivity index (χ1) is 17.2. The molecule has 3 aromatic carbocycles. The first-order valence-corrected chi connectivity index (χ1v) is 11.0. The first kappa shape index (κ1) is 24.3. The summed E-state index contributed by atoms with van der Waals surface area (Å²) >= 11 is 0. The predicted molar refractivity (Wildman–Crippen MR) is 129 cm³/mol. The maximum Gasteiger partial charge on any atom is 0.339 e. The lowest BCUT2D eigenvalue weighted by Gasteiger charge is -2.19. The molecule has 3 amide bonds. The second kappa shape index (κ2) is 10.2. The van der Waals surface area contributed by atoms with Crippen molar-refractivity contribution in [1.29, 1.82) is 0 Å². The Labute approximate surface area is 205 Å². The molecule has 1 unspecified atom stereocenters. The standard InChI is InChI=1S/C26H21N3O7/c1-16-7-12-20(21(15-16)29(34)35)27-25(32)24(17-5-3-2-4-6-17)36-26(33)18-8-10-19(11-9-18)28-22(30)13-14-23(28)31/h2-12,15,24H,13-14H2,1H3,(H,27,32). The van der Waals surface area contributed by atoms with Crippen molar-refractivity contribution in [2.45, 2.75) is 25.9 Å². The zero-order chi connectivity index (χ0) is 25.8. The summed E-state index contributed by atoms with van der Waals surface area (Å²) in [6, 6.07) is 18.3. The second-order valence-corrected chi connectivity index (χ2v) is 8.13. The average molecular weight is 487 g/mol. The molecule has 1 heterocycles. The number of nitro groups is 1. The zero-order valence-electron chi connectivity index (χ0n) is 19.2. The van der Waals surface area contributed by atoms with Crippen molar-refractivity contribution in [2.24, 2.45) is 0 Å². The number of imide groups is 1. The summed E-state index contributed by atoms with van der Waals surface area (Å²) in [6.07, 6.45) is -1.13. The number of rotatable bonds is 7. The number of carbonyl (C=O) groups excluding carboxylic acids is 4. The summed E-state index contributed by atoms with van der Waals surface area (Å²) in [6.45, 7) is 1.69. The van der Waals surface area contributed by atoms with E-state index in [9.17, 15) is 29.3 Å². The highest BCUT2D eigenvalue weighted by molar-refractivity contribution is 6.19. The Morgan fingerprint density at radius 3 is 2.22 bits per heavy atom. The van der Waals surface area contributed by atoms with Crippen LogP contribution in [0.5, 0.6) is 0 Å². The fourth-order valence-corrected chi connectivity index (χ4v) is 3.78. The molecular formula is C26H21N3O7. The summed E-state index contributed by atoms with van der Waals surface area (Å²) in [7, 11) is 0. The normalized spacial score (nSPS) is 13.9. The average Bonchev–Trinajstić information content (AvgIpc) is 3.21. The van der Waals surface area contributed by atoms with Crippen LogP contribution in [0.15, 0.2) is 72.8 Å². The Balaban J connectivity index is 1.57. The zero-order valence-corrected chi connectivity index (χ0v) is 19.2. The molecule has 1 atom stereocenters. The van der Waals surface area contributed by atoms with Crippen LogP contribution in [-0.4, -0.2) is 28.6 Å². The number of benzene rings is 3. The van der Waals surface area contributed by atoms with Gasteiger partial charge in [0.15, 0.2) is 0 Å². The van der Waals surface area contributed by atoms with Crippen LogP contribution in [0.4, 0.5) is 17.1 Å². The molecule has 1 N–H and O–H groups in total. The fraction of sp³-hybridized carbons (Fsp3) is 0.154.